The van der Waals surface area contributed by atoms with Crippen LogP contribution in [-0.4, -0.2) is 28.0 Å². The first-order valence-corrected chi connectivity index (χ1v) is 9.49. The third-order valence-corrected chi connectivity index (χ3v) is 5.99. The average Bonchev–Trinajstić information content (AvgIpc) is 3.10. The molecule has 1 aliphatic carbocycles. The number of H-pyrrole nitrogens is 1. The van der Waals surface area contributed by atoms with E-state index in [0.29, 0.717) is 11.2 Å². The molecule has 25 heavy (non-hydrogen) atoms. The van der Waals surface area contributed by atoms with Crippen molar-refractivity contribution in [2.24, 2.45) is 5.41 Å². The van der Waals surface area contributed by atoms with Crippen molar-refractivity contribution in [3.63, 3.8) is 0 Å². The van der Waals surface area contributed by atoms with Crippen LogP contribution in [0.4, 0.5) is 5.82 Å². The quantitative estimate of drug-likeness (QED) is 0.929. The predicted molar refractivity (Wildman–Crippen MR) is 99.8 cm³/mol. The van der Waals surface area contributed by atoms with E-state index in [1.165, 1.54) is 38.5 Å². The molecule has 1 N–H and O–H groups in total. The lowest BCUT2D eigenvalue weighted by Gasteiger charge is -2.40. The van der Waals surface area contributed by atoms with E-state index in [9.17, 15) is 4.79 Å². The molecule has 0 radical (unpaired) electrons. The van der Waals surface area contributed by atoms with Gasteiger partial charge in [-0.1, -0.05) is 19.8 Å². The molecule has 1 spiro atoms. The number of nitrogens with zero attached hydrogens (tertiary/aromatic N) is 3. The Morgan fingerprint density at radius 3 is 2.56 bits per heavy atom. The molecule has 2 fully saturated rings. The minimum Gasteiger partial charge on any atom is -0.357 e. The van der Waals surface area contributed by atoms with Gasteiger partial charge in [0, 0.05) is 36.6 Å². The fraction of sp³-hybridized carbons (Fsp3) is 0.550. The normalized spacial score (nSPS) is 19.5. The van der Waals surface area contributed by atoms with E-state index in [2.05, 4.69) is 25.9 Å². The standard InChI is InChI=1S/C20H26N4O/c1-2-16-13-18(25)23-19(22-16)15-5-6-17(21-14-15)24-11-9-20(10-12-24)7-3-4-8-20/h5-6,13-14H,2-4,7-12H2,1H3,(H,22,23,25). The maximum atomic E-state index is 11.8. The Morgan fingerprint density at radius 2 is 1.92 bits per heavy atom. The third-order valence-electron chi connectivity index (χ3n) is 5.99. The number of rotatable bonds is 3. The van der Waals surface area contributed by atoms with Gasteiger partial charge in [0.2, 0.25) is 0 Å². The molecule has 0 atom stereocenters. The van der Waals surface area contributed by atoms with E-state index in [0.717, 1.165) is 36.6 Å². The molecule has 132 valence electrons. The topological polar surface area (TPSA) is 61.9 Å². The number of aryl methyl sites for hydroxylation is 1. The smallest absolute Gasteiger partial charge is 0.251 e. The second-order valence-corrected chi connectivity index (χ2v) is 7.54. The first-order chi connectivity index (χ1) is 12.2. The predicted octanol–water partition coefficient (Wildman–Crippen LogP) is 3.55. The van der Waals surface area contributed by atoms with Crippen LogP contribution < -0.4 is 10.5 Å². The van der Waals surface area contributed by atoms with Crippen molar-refractivity contribution >= 4 is 5.82 Å². The van der Waals surface area contributed by atoms with E-state index in [1.807, 2.05) is 19.2 Å². The van der Waals surface area contributed by atoms with Crippen LogP contribution in [-0.2, 0) is 6.42 Å². The van der Waals surface area contributed by atoms with Crippen LogP contribution in [0.3, 0.4) is 0 Å². The summed E-state index contributed by atoms with van der Waals surface area (Å²) in [5.41, 5.74) is 2.19. The maximum absolute atomic E-state index is 11.8. The van der Waals surface area contributed by atoms with E-state index in [1.54, 1.807) is 6.07 Å². The largest absolute Gasteiger partial charge is 0.357 e. The lowest BCUT2D eigenvalue weighted by atomic mass is 9.77. The highest BCUT2D eigenvalue weighted by molar-refractivity contribution is 5.56. The summed E-state index contributed by atoms with van der Waals surface area (Å²) in [6, 6.07) is 5.62. The Hall–Kier alpha value is -2.17. The molecule has 1 aliphatic heterocycles. The Bertz CT molecular complexity index is 780. The van der Waals surface area contributed by atoms with Crippen molar-refractivity contribution in [2.75, 3.05) is 18.0 Å². The van der Waals surface area contributed by atoms with Gasteiger partial charge in [-0.3, -0.25) is 4.79 Å². The van der Waals surface area contributed by atoms with Gasteiger partial charge >= 0.3 is 0 Å². The summed E-state index contributed by atoms with van der Waals surface area (Å²) in [7, 11) is 0. The molecule has 2 aromatic rings. The highest BCUT2D eigenvalue weighted by atomic mass is 16.1. The molecule has 5 heteroatoms. The van der Waals surface area contributed by atoms with Gasteiger partial charge in [-0.15, -0.1) is 0 Å². The van der Waals surface area contributed by atoms with E-state index >= 15 is 0 Å². The number of piperidine rings is 1. The van der Waals surface area contributed by atoms with Gasteiger partial charge in [-0.05, 0) is 49.7 Å². The summed E-state index contributed by atoms with van der Waals surface area (Å²) in [6.07, 6.45) is 10.8. The number of hydrogen-bond acceptors (Lipinski definition) is 4. The maximum Gasteiger partial charge on any atom is 0.251 e. The third kappa shape index (κ3) is 3.32. The highest BCUT2D eigenvalue weighted by Gasteiger charge is 2.37. The molecule has 0 bridgehead atoms. The molecular weight excluding hydrogens is 312 g/mol. The lowest BCUT2D eigenvalue weighted by Crippen LogP contribution is -2.39. The summed E-state index contributed by atoms with van der Waals surface area (Å²) in [4.78, 5) is 26.1. The van der Waals surface area contributed by atoms with Crippen molar-refractivity contribution in [1.29, 1.82) is 0 Å². The van der Waals surface area contributed by atoms with Crippen molar-refractivity contribution in [3.8, 4) is 11.4 Å². The Labute approximate surface area is 148 Å². The number of aromatic nitrogens is 3. The van der Waals surface area contributed by atoms with Gasteiger partial charge < -0.3 is 9.88 Å². The highest BCUT2D eigenvalue weighted by Crippen LogP contribution is 2.46. The molecule has 3 heterocycles. The second-order valence-electron chi connectivity index (χ2n) is 7.54. The summed E-state index contributed by atoms with van der Waals surface area (Å²) < 4.78 is 0. The number of nitrogens with one attached hydrogen (secondary N) is 1. The zero-order chi connectivity index (χ0) is 17.3. The molecular formula is C20H26N4O. The van der Waals surface area contributed by atoms with Gasteiger partial charge in [-0.2, -0.15) is 0 Å². The Balaban J connectivity index is 1.49. The fourth-order valence-electron chi connectivity index (χ4n) is 4.37. The van der Waals surface area contributed by atoms with Crippen LogP contribution in [0.25, 0.3) is 11.4 Å². The minimum absolute atomic E-state index is 0.108. The first-order valence-electron chi connectivity index (χ1n) is 9.49. The number of hydrogen-bond donors (Lipinski definition) is 1. The van der Waals surface area contributed by atoms with Crippen molar-refractivity contribution in [3.05, 3.63) is 40.4 Å². The van der Waals surface area contributed by atoms with Crippen molar-refractivity contribution in [2.45, 2.75) is 51.9 Å². The Kier molecular flexibility index (Phi) is 4.32. The lowest BCUT2D eigenvalue weighted by molar-refractivity contribution is 0.226. The summed E-state index contributed by atoms with van der Waals surface area (Å²) >= 11 is 0. The minimum atomic E-state index is -0.108. The number of anilines is 1. The molecule has 0 unspecified atom stereocenters. The summed E-state index contributed by atoms with van der Waals surface area (Å²) in [5.74, 6) is 1.64. The van der Waals surface area contributed by atoms with Gasteiger partial charge in [0.25, 0.3) is 5.56 Å². The fourth-order valence-corrected chi connectivity index (χ4v) is 4.37. The molecule has 5 nitrogen and oxygen atoms in total. The van der Waals surface area contributed by atoms with Crippen LogP contribution in [0.1, 0.15) is 51.1 Å². The van der Waals surface area contributed by atoms with E-state index in [4.69, 9.17) is 0 Å². The van der Waals surface area contributed by atoms with E-state index < -0.39 is 0 Å². The molecule has 1 saturated heterocycles. The molecule has 4 rings (SSSR count). The van der Waals surface area contributed by atoms with Crippen LogP contribution in [0.2, 0.25) is 0 Å². The van der Waals surface area contributed by atoms with E-state index in [-0.39, 0.29) is 5.56 Å². The molecule has 2 aromatic heterocycles. The van der Waals surface area contributed by atoms with Gasteiger partial charge in [-0.25, -0.2) is 9.97 Å². The van der Waals surface area contributed by atoms with Gasteiger partial charge in [0.1, 0.15) is 11.6 Å². The van der Waals surface area contributed by atoms with Gasteiger partial charge in [0.05, 0.1) is 0 Å². The average molecular weight is 338 g/mol. The first kappa shape index (κ1) is 16.3. The second kappa shape index (κ2) is 6.62. The number of pyridine rings is 1. The number of aromatic amines is 1. The molecule has 0 aromatic carbocycles. The van der Waals surface area contributed by atoms with Crippen molar-refractivity contribution in [1.82, 2.24) is 15.0 Å². The molecule has 1 saturated carbocycles. The van der Waals surface area contributed by atoms with Crippen molar-refractivity contribution < 1.29 is 0 Å². The van der Waals surface area contributed by atoms with Gasteiger partial charge in [0.15, 0.2) is 0 Å². The summed E-state index contributed by atoms with van der Waals surface area (Å²) in [5, 5.41) is 0. The SMILES string of the molecule is CCc1cc(=O)[nH]c(-c2ccc(N3CCC4(CCCC4)CC3)nc2)n1. The molecule has 2 aliphatic rings. The van der Waals surface area contributed by atoms with Crippen LogP contribution in [0.15, 0.2) is 29.2 Å². The Morgan fingerprint density at radius 1 is 1.16 bits per heavy atom. The zero-order valence-corrected chi connectivity index (χ0v) is 14.9. The summed E-state index contributed by atoms with van der Waals surface area (Å²) in [6.45, 7) is 4.21. The monoisotopic (exact) mass is 338 g/mol. The van der Waals surface area contributed by atoms with Crippen LogP contribution >= 0.6 is 0 Å². The molecule has 0 amide bonds. The van der Waals surface area contributed by atoms with Crippen LogP contribution in [0.5, 0.6) is 0 Å². The zero-order valence-electron chi connectivity index (χ0n) is 14.9. The van der Waals surface area contributed by atoms with Crippen LogP contribution in [0, 0.1) is 5.41 Å².